The van der Waals surface area contributed by atoms with E-state index in [1.807, 2.05) is 32.3 Å². The highest BCUT2D eigenvalue weighted by Crippen LogP contribution is 2.32. The number of hydrogen-bond donors (Lipinski definition) is 1. The van der Waals surface area contributed by atoms with Crippen LogP contribution in [0, 0.1) is 6.92 Å². The normalized spacial score (nSPS) is 12.3. The average molecular weight is 259 g/mol. The first-order chi connectivity index (χ1) is 8.79. The number of thioether (sulfide) groups is 1. The summed E-state index contributed by atoms with van der Waals surface area (Å²) in [7, 11) is 1.97. The molecule has 0 aliphatic heterocycles. The summed E-state index contributed by atoms with van der Waals surface area (Å²) < 4.78 is 0. The van der Waals surface area contributed by atoms with Crippen LogP contribution in [0.15, 0.2) is 47.8 Å². The highest BCUT2D eigenvalue weighted by Gasteiger charge is 2.13. The molecule has 1 N–H and O–H groups in total. The fourth-order valence-electron chi connectivity index (χ4n) is 1.69. The molecule has 1 aromatic heterocycles. The summed E-state index contributed by atoms with van der Waals surface area (Å²) in [5.74, 6) is 0. The summed E-state index contributed by atoms with van der Waals surface area (Å²) in [5, 5.41) is 4.39. The summed E-state index contributed by atoms with van der Waals surface area (Å²) in [5.41, 5.74) is 2.30. The van der Waals surface area contributed by atoms with Crippen molar-refractivity contribution < 1.29 is 0 Å². The molecule has 1 unspecified atom stereocenters. The lowest BCUT2D eigenvalue weighted by Crippen LogP contribution is -2.15. The van der Waals surface area contributed by atoms with Crippen molar-refractivity contribution in [2.24, 2.45) is 0 Å². The highest BCUT2D eigenvalue weighted by molar-refractivity contribution is 7.99. The standard InChI is InChI=1S/C14H17N3S/c1-11-8-9-16-14(17-11)18-13(10-15-2)12-6-4-3-5-7-12/h3-9,13,15H,10H2,1-2H3. The van der Waals surface area contributed by atoms with Crippen LogP contribution in [0.3, 0.4) is 0 Å². The summed E-state index contributed by atoms with van der Waals surface area (Å²) in [6, 6.07) is 12.4. The van der Waals surface area contributed by atoms with Crippen LogP contribution < -0.4 is 5.32 Å². The minimum Gasteiger partial charge on any atom is -0.318 e. The third-order valence-corrected chi connectivity index (χ3v) is 3.71. The molecule has 1 heterocycles. The minimum absolute atomic E-state index is 0.331. The lowest BCUT2D eigenvalue weighted by atomic mass is 10.1. The molecule has 0 radical (unpaired) electrons. The van der Waals surface area contributed by atoms with Gasteiger partial charge in [-0.3, -0.25) is 0 Å². The number of nitrogens with one attached hydrogen (secondary N) is 1. The Hall–Kier alpha value is -1.39. The minimum atomic E-state index is 0.331. The molecule has 4 heteroatoms. The number of likely N-dealkylation sites (N-methyl/N-ethyl adjacent to an activating group) is 1. The second-order valence-electron chi connectivity index (χ2n) is 4.06. The predicted molar refractivity (Wildman–Crippen MR) is 75.7 cm³/mol. The van der Waals surface area contributed by atoms with E-state index in [0.29, 0.717) is 5.25 Å². The predicted octanol–water partition coefficient (Wildman–Crippen LogP) is 2.84. The number of nitrogens with zero attached hydrogens (tertiary/aromatic N) is 2. The topological polar surface area (TPSA) is 37.8 Å². The molecular formula is C14H17N3S. The van der Waals surface area contributed by atoms with Gasteiger partial charge in [-0.05, 0) is 25.6 Å². The van der Waals surface area contributed by atoms with E-state index < -0.39 is 0 Å². The molecule has 0 bridgehead atoms. The number of aryl methyl sites for hydroxylation is 1. The van der Waals surface area contributed by atoms with Crippen LogP contribution in [0.2, 0.25) is 0 Å². The van der Waals surface area contributed by atoms with Crippen LogP contribution in [0.4, 0.5) is 0 Å². The van der Waals surface area contributed by atoms with E-state index in [2.05, 4.69) is 39.6 Å². The Labute approximate surface area is 112 Å². The summed E-state index contributed by atoms with van der Waals surface area (Å²) in [6.07, 6.45) is 1.81. The maximum absolute atomic E-state index is 4.44. The van der Waals surface area contributed by atoms with Gasteiger partial charge in [-0.15, -0.1) is 0 Å². The smallest absolute Gasteiger partial charge is 0.188 e. The average Bonchev–Trinajstić information content (AvgIpc) is 2.39. The third-order valence-electron chi connectivity index (χ3n) is 2.58. The van der Waals surface area contributed by atoms with E-state index >= 15 is 0 Å². The summed E-state index contributed by atoms with van der Waals surface area (Å²) in [6.45, 7) is 2.88. The first-order valence-electron chi connectivity index (χ1n) is 5.95. The van der Waals surface area contributed by atoms with Crippen LogP contribution in [-0.2, 0) is 0 Å². The Morgan fingerprint density at radius 3 is 2.67 bits per heavy atom. The fourth-order valence-corrected chi connectivity index (χ4v) is 2.81. The van der Waals surface area contributed by atoms with Crippen molar-refractivity contribution >= 4 is 11.8 Å². The van der Waals surface area contributed by atoms with E-state index in [9.17, 15) is 0 Å². The Kier molecular flexibility index (Phi) is 4.73. The highest BCUT2D eigenvalue weighted by atomic mass is 32.2. The van der Waals surface area contributed by atoms with Crippen molar-refractivity contribution in [2.75, 3.05) is 13.6 Å². The molecule has 1 atom stereocenters. The number of rotatable bonds is 5. The molecular weight excluding hydrogens is 242 g/mol. The molecule has 0 aliphatic carbocycles. The first-order valence-corrected chi connectivity index (χ1v) is 6.83. The molecule has 0 spiro atoms. The Bertz CT molecular complexity index is 487. The lowest BCUT2D eigenvalue weighted by Gasteiger charge is -2.15. The largest absolute Gasteiger partial charge is 0.318 e. The second kappa shape index (κ2) is 6.52. The van der Waals surface area contributed by atoms with E-state index in [4.69, 9.17) is 0 Å². The monoisotopic (exact) mass is 259 g/mol. The van der Waals surface area contributed by atoms with Crippen molar-refractivity contribution in [1.82, 2.24) is 15.3 Å². The van der Waals surface area contributed by atoms with E-state index in [-0.39, 0.29) is 0 Å². The van der Waals surface area contributed by atoms with E-state index in [1.54, 1.807) is 11.8 Å². The number of aromatic nitrogens is 2. The van der Waals surface area contributed by atoms with Crippen molar-refractivity contribution in [3.63, 3.8) is 0 Å². The van der Waals surface area contributed by atoms with Gasteiger partial charge in [-0.2, -0.15) is 0 Å². The lowest BCUT2D eigenvalue weighted by molar-refractivity contribution is 0.773. The molecule has 0 fully saturated rings. The summed E-state index contributed by atoms with van der Waals surface area (Å²) in [4.78, 5) is 8.76. The van der Waals surface area contributed by atoms with Gasteiger partial charge in [-0.1, -0.05) is 42.1 Å². The van der Waals surface area contributed by atoms with E-state index in [1.165, 1.54) is 5.56 Å². The van der Waals surface area contributed by atoms with Crippen molar-refractivity contribution in [1.29, 1.82) is 0 Å². The maximum Gasteiger partial charge on any atom is 0.188 e. The summed E-state index contributed by atoms with van der Waals surface area (Å²) >= 11 is 1.70. The van der Waals surface area contributed by atoms with Crippen LogP contribution in [0.1, 0.15) is 16.5 Å². The molecule has 0 amide bonds. The van der Waals surface area contributed by atoms with Gasteiger partial charge < -0.3 is 5.32 Å². The molecule has 3 nitrogen and oxygen atoms in total. The zero-order valence-electron chi connectivity index (χ0n) is 10.6. The molecule has 2 aromatic rings. The van der Waals surface area contributed by atoms with Gasteiger partial charge in [0.2, 0.25) is 0 Å². The van der Waals surface area contributed by atoms with Crippen LogP contribution in [0.25, 0.3) is 0 Å². The Morgan fingerprint density at radius 1 is 1.22 bits per heavy atom. The zero-order chi connectivity index (χ0) is 12.8. The fraction of sp³-hybridized carbons (Fsp3) is 0.286. The van der Waals surface area contributed by atoms with Crippen molar-refractivity contribution in [2.45, 2.75) is 17.3 Å². The molecule has 2 rings (SSSR count). The molecule has 94 valence electrons. The molecule has 0 saturated heterocycles. The maximum atomic E-state index is 4.44. The molecule has 18 heavy (non-hydrogen) atoms. The number of benzene rings is 1. The number of hydrogen-bond acceptors (Lipinski definition) is 4. The Morgan fingerprint density at radius 2 is 2.00 bits per heavy atom. The first kappa shape index (κ1) is 13.1. The van der Waals surface area contributed by atoms with Gasteiger partial charge in [0.15, 0.2) is 5.16 Å². The van der Waals surface area contributed by atoms with Crippen LogP contribution in [-0.4, -0.2) is 23.6 Å². The molecule has 0 saturated carbocycles. The third kappa shape index (κ3) is 3.55. The van der Waals surface area contributed by atoms with E-state index in [0.717, 1.165) is 17.4 Å². The van der Waals surface area contributed by atoms with Gasteiger partial charge >= 0.3 is 0 Å². The van der Waals surface area contributed by atoms with Gasteiger partial charge in [0.05, 0.1) is 0 Å². The quantitative estimate of drug-likeness (QED) is 0.662. The van der Waals surface area contributed by atoms with Crippen LogP contribution >= 0.6 is 11.8 Å². The van der Waals surface area contributed by atoms with Gasteiger partial charge in [0.1, 0.15) is 0 Å². The van der Waals surface area contributed by atoms with Gasteiger partial charge in [0, 0.05) is 23.7 Å². The van der Waals surface area contributed by atoms with Crippen molar-refractivity contribution in [3.8, 4) is 0 Å². The molecule has 1 aromatic carbocycles. The SMILES string of the molecule is CNCC(Sc1nccc(C)n1)c1ccccc1. The molecule has 0 aliphatic rings. The van der Waals surface area contributed by atoms with Crippen molar-refractivity contribution in [3.05, 3.63) is 53.9 Å². The second-order valence-corrected chi connectivity index (χ2v) is 5.23. The Balaban J connectivity index is 2.16. The zero-order valence-corrected chi connectivity index (χ0v) is 11.4. The van der Waals surface area contributed by atoms with Crippen LogP contribution in [0.5, 0.6) is 0 Å². The van der Waals surface area contributed by atoms with Gasteiger partial charge in [0.25, 0.3) is 0 Å². The van der Waals surface area contributed by atoms with Gasteiger partial charge in [-0.25, -0.2) is 9.97 Å².